The SMILES string of the molecule is O=C(O)N1C2CCC1CC(c1nccs1)C2. The van der Waals surface area contributed by atoms with Crippen LogP contribution >= 0.6 is 11.3 Å². The first-order valence-corrected chi connectivity index (χ1v) is 6.54. The normalized spacial score (nSPS) is 33.0. The Hall–Kier alpha value is -1.10. The molecule has 4 nitrogen and oxygen atoms in total. The molecule has 3 heterocycles. The molecule has 5 heteroatoms. The van der Waals surface area contributed by atoms with Gasteiger partial charge in [0, 0.05) is 29.6 Å². The topological polar surface area (TPSA) is 53.4 Å². The van der Waals surface area contributed by atoms with Crippen LogP contribution in [-0.2, 0) is 0 Å². The highest BCUT2D eigenvalue weighted by molar-refractivity contribution is 7.09. The molecule has 0 aliphatic carbocycles. The summed E-state index contributed by atoms with van der Waals surface area (Å²) in [6.07, 6.45) is 5.06. The third kappa shape index (κ3) is 1.50. The van der Waals surface area contributed by atoms with Gasteiger partial charge < -0.3 is 10.0 Å². The number of fused-ring (bicyclic) bond motifs is 2. The highest BCUT2D eigenvalue weighted by Crippen LogP contribution is 2.43. The smallest absolute Gasteiger partial charge is 0.407 e. The quantitative estimate of drug-likeness (QED) is 0.818. The van der Waals surface area contributed by atoms with Crippen molar-refractivity contribution in [3.8, 4) is 0 Å². The molecule has 1 amide bonds. The van der Waals surface area contributed by atoms with E-state index in [0.29, 0.717) is 5.92 Å². The fourth-order valence-electron chi connectivity index (χ4n) is 3.13. The van der Waals surface area contributed by atoms with Crippen molar-refractivity contribution in [3.05, 3.63) is 16.6 Å². The van der Waals surface area contributed by atoms with E-state index in [1.807, 2.05) is 11.6 Å². The number of carbonyl (C=O) groups is 1. The Balaban J connectivity index is 1.80. The summed E-state index contributed by atoms with van der Waals surface area (Å²) in [6.45, 7) is 0. The molecule has 2 aliphatic heterocycles. The average molecular weight is 238 g/mol. The lowest BCUT2D eigenvalue weighted by molar-refractivity contribution is 0.0965. The van der Waals surface area contributed by atoms with Gasteiger partial charge >= 0.3 is 6.09 Å². The van der Waals surface area contributed by atoms with Crippen LogP contribution in [0.2, 0.25) is 0 Å². The maximum atomic E-state index is 11.1. The molecule has 1 aromatic rings. The van der Waals surface area contributed by atoms with Crippen LogP contribution in [-0.4, -0.2) is 33.2 Å². The molecule has 2 atom stereocenters. The molecule has 0 spiro atoms. The Kier molecular flexibility index (Phi) is 2.35. The van der Waals surface area contributed by atoms with Gasteiger partial charge in [-0.1, -0.05) is 0 Å². The molecule has 0 saturated carbocycles. The maximum absolute atomic E-state index is 11.1. The lowest BCUT2D eigenvalue weighted by Crippen LogP contribution is -2.45. The van der Waals surface area contributed by atoms with E-state index in [2.05, 4.69) is 4.98 Å². The zero-order valence-corrected chi connectivity index (χ0v) is 9.69. The Morgan fingerprint density at radius 2 is 2.12 bits per heavy atom. The zero-order valence-electron chi connectivity index (χ0n) is 8.87. The van der Waals surface area contributed by atoms with Crippen molar-refractivity contribution in [1.29, 1.82) is 0 Å². The van der Waals surface area contributed by atoms with Crippen LogP contribution < -0.4 is 0 Å². The number of amides is 1. The molecule has 16 heavy (non-hydrogen) atoms. The number of thiazole rings is 1. The van der Waals surface area contributed by atoms with E-state index < -0.39 is 6.09 Å². The molecule has 2 unspecified atom stereocenters. The summed E-state index contributed by atoms with van der Waals surface area (Å²) < 4.78 is 0. The Morgan fingerprint density at radius 3 is 2.62 bits per heavy atom. The third-order valence-corrected chi connectivity index (χ3v) is 4.69. The molecule has 1 aromatic heterocycles. The summed E-state index contributed by atoms with van der Waals surface area (Å²) in [4.78, 5) is 17.2. The third-order valence-electron chi connectivity index (χ3n) is 3.75. The number of hydrogen-bond acceptors (Lipinski definition) is 3. The van der Waals surface area contributed by atoms with Gasteiger partial charge in [0.1, 0.15) is 0 Å². The lowest BCUT2D eigenvalue weighted by Gasteiger charge is -2.36. The van der Waals surface area contributed by atoms with Crippen LogP contribution in [0.15, 0.2) is 11.6 Å². The van der Waals surface area contributed by atoms with E-state index in [9.17, 15) is 4.79 Å². The summed E-state index contributed by atoms with van der Waals surface area (Å²) in [6, 6.07) is 0.454. The summed E-state index contributed by atoms with van der Waals surface area (Å²) >= 11 is 1.69. The number of aromatic nitrogens is 1. The molecule has 3 rings (SSSR count). The first-order chi connectivity index (χ1) is 7.75. The van der Waals surface area contributed by atoms with Gasteiger partial charge in [-0.2, -0.15) is 0 Å². The van der Waals surface area contributed by atoms with Crippen LogP contribution in [0.1, 0.15) is 36.6 Å². The largest absolute Gasteiger partial charge is 0.465 e. The van der Waals surface area contributed by atoms with Gasteiger partial charge in [-0.05, 0) is 25.7 Å². The second-order valence-electron chi connectivity index (χ2n) is 4.61. The van der Waals surface area contributed by atoms with Crippen molar-refractivity contribution in [3.63, 3.8) is 0 Å². The van der Waals surface area contributed by atoms with Crippen LogP contribution in [0.25, 0.3) is 0 Å². The van der Waals surface area contributed by atoms with Crippen molar-refractivity contribution in [2.75, 3.05) is 0 Å². The van der Waals surface area contributed by atoms with Crippen LogP contribution in [0.3, 0.4) is 0 Å². The molecule has 2 bridgehead atoms. The van der Waals surface area contributed by atoms with Crippen molar-refractivity contribution >= 4 is 17.4 Å². The molecular formula is C11H14N2O2S. The molecule has 2 aliphatic rings. The van der Waals surface area contributed by atoms with Gasteiger partial charge in [0.05, 0.1) is 5.01 Å². The van der Waals surface area contributed by atoms with E-state index in [0.717, 1.165) is 25.7 Å². The van der Waals surface area contributed by atoms with E-state index in [1.54, 1.807) is 16.2 Å². The fourth-order valence-corrected chi connectivity index (χ4v) is 3.89. The van der Waals surface area contributed by atoms with Crippen molar-refractivity contribution in [2.24, 2.45) is 0 Å². The van der Waals surface area contributed by atoms with Gasteiger partial charge in [-0.25, -0.2) is 9.78 Å². The second-order valence-corrected chi connectivity index (χ2v) is 5.54. The van der Waals surface area contributed by atoms with Crippen LogP contribution in [0, 0.1) is 0 Å². The number of nitrogens with zero attached hydrogens (tertiary/aromatic N) is 2. The molecule has 1 N–H and O–H groups in total. The number of rotatable bonds is 1. The highest BCUT2D eigenvalue weighted by atomic mass is 32.1. The standard InChI is InChI=1S/C11H14N2O2S/c14-11(15)13-8-1-2-9(13)6-7(5-8)10-12-3-4-16-10/h3-4,7-9H,1-2,5-6H2,(H,14,15). The predicted octanol–water partition coefficient (Wildman–Crippen LogP) is 2.53. The molecular weight excluding hydrogens is 224 g/mol. The lowest BCUT2D eigenvalue weighted by atomic mass is 9.91. The minimum absolute atomic E-state index is 0.227. The van der Waals surface area contributed by atoms with Crippen LogP contribution in [0.5, 0.6) is 0 Å². The molecule has 86 valence electrons. The Bertz CT molecular complexity index is 379. The van der Waals surface area contributed by atoms with Gasteiger partial charge in [0.25, 0.3) is 0 Å². The Morgan fingerprint density at radius 1 is 1.44 bits per heavy atom. The van der Waals surface area contributed by atoms with Gasteiger partial charge in [0.15, 0.2) is 0 Å². The van der Waals surface area contributed by atoms with Gasteiger partial charge in [0.2, 0.25) is 0 Å². The van der Waals surface area contributed by atoms with E-state index >= 15 is 0 Å². The van der Waals surface area contributed by atoms with Gasteiger partial charge in [-0.3, -0.25) is 0 Å². The van der Waals surface area contributed by atoms with E-state index in [1.165, 1.54) is 5.01 Å². The molecule has 2 saturated heterocycles. The highest BCUT2D eigenvalue weighted by Gasteiger charge is 2.44. The summed E-state index contributed by atoms with van der Waals surface area (Å²) in [7, 11) is 0. The first kappa shape index (κ1) is 10.1. The summed E-state index contributed by atoms with van der Waals surface area (Å²) in [5.74, 6) is 0.480. The zero-order chi connectivity index (χ0) is 11.1. The molecule has 0 radical (unpaired) electrons. The predicted molar refractivity (Wildman–Crippen MR) is 60.8 cm³/mol. The fraction of sp³-hybridized carbons (Fsp3) is 0.636. The molecule has 0 aromatic carbocycles. The number of carboxylic acid groups (broad SMARTS) is 1. The number of piperidine rings is 1. The second kappa shape index (κ2) is 3.73. The maximum Gasteiger partial charge on any atom is 0.407 e. The van der Waals surface area contributed by atoms with Gasteiger partial charge in [-0.15, -0.1) is 11.3 Å². The minimum atomic E-state index is -0.745. The monoisotopic (exact) mass is 238 g/mol. The molecule has 2 fully saturated rings. The van der Waals surface area contributed by atoms with E-state index in [-0.39, 0.29) is 12.1 Å². The van der Waals surface area contributed by atoms with E-state index in [4.69, 9.17) is 5.11 Å². The summed E-state index contributed by atoms with van der Waals surface area (Å²) in [5, 5.41) is 12.3. The number of hydrogen-bond donors (Lipinski definition) is 1. The van der Waals surface area contributed by atoms with Crippen molar-refractivity contribution < 1.29 is 9.90 Å². The average Bonchev–Trinajstić information content (AvgIpc) is 2.85. The van der Waals surface area contributed by atoms with Crippen molar-refractivity contribution in [1.82, 2.24) is 9.88 Å². The first-order valence-electron chi connectivity index (χ1n) is 5.66. The van der Waals surface area contributed by atoms with Crippen molar-refractivity contribution in [2.45, 2.75) is 43.7 Å². The summed E-state index contributed by atoms with van der Waals surface area (Å²) in [5.41, 5.74) is 0. The Labute approximate surface area is 97.9 Å². The van der Waals surface area contributed by atoms with Crippen LogP contribution in [0.4, 0.5) is 4.79 Å². The minimum Gasteiger partial charge on any atom is -0.465 e.